The van der Waals surface area contributed by atoms with Crippen molar-refractivity contribution in [3.05, 3.63) is 47.5 Å². The molecule has 0 saturated heterocycles. The second-order valence-corrected chi connectivity index (χ2v) is 5.60. The minimum absolute atomic E-state index is 0.0953. The Labute approximate surface area is 151 Å². The number of rotatable bonds is 5. The minimum Gasteiger partial charge on any atom is -0.493 e. The zero-order chi connectivity index (χ0) is 18.7. The number of benzene rings is 2. The molecule has 2 aromatic rings. The fraction of sp³-hybridized carbons (Fsp3) is 0.263. The minimum atomic E-state index is -0.434. The molecule has 2 amide bonds. The van der Waals surface area contributed by atoms with E-state index in [9.17, 15) is 9.59 Å². The first kappa shape index (κ1) is 17.6. The van der Waals surface area contributed by atoms with Crippen molar-refractivity contribution in [2.24, 2.45) is 0 Å². The van der Waals surface area contributed by atoms with E-state index in [2.05, 4.69) is 0 Å². The highest BCUT2D eigenvalue weighted by Crippen LogP contribution is 2.34. The number of nitrogens with zero attached hydrogens (tertiary/aromatic N) is 1. The van der Waals surface area contributed by atoms with Crippen molar-refractivity contribution < 1.29 is 28.5 Å². The zero-order valence-electron chi connectivity index (χ0n) is 14.8. The molecule has 26 heavy (non-hydrogen) atoms. The molecule has 136 valence electrons. The molecule has 0 radical (unpaired) electrons. The molecule has 2 aromatic carbocycles. The molecule has 0 aromatic heterocycles. The SMILES string of the molecule is COc1ccc(CN2C(=O)COc3c(OC)cccc3C2=O)cc1OC. The number of carbonyl (C=O) groups excluding carboxylic acids is 2. The van der Waals surface area contributed by atoms with Gasteiger partial charge in [0.2, 0.25) is 0 Å². The van der Waals surface area contributed by atoms with Crippen molar-refractivity contribution in [1.29, 1.82) is 0 Å². The summed E-state index contributed by atoms with van der Waals surface area (Å²) in [5.74, 6) is 0.931. The average molecular weight is 357 g/mol. The summed E-state index contributed by atoms with van der Waals surface area (Å²) in [5, 5.41) is 0. The van der Waals surface area contributed by atoms with E-state index in [1.807, 2.05) is 0 Å². The molecule has 7 nitrogen and oxygen atoms in total. The van der Waals surface area contributed by atoms with Crippen molar-refractivity contribution in [1.82, 2.24) is 4.90 Å². The van der Waals surface area contributed by atoms with Crippen LogP contribution in [0.15, 0.2) is 36.4 Å². The third kappa shape index (κ3) is 3.15. The fourth-order valence-corrected chi connectivity index (χ4v) is 2.79. The van der Waals surface area contributed by atoms with Gasteiger partial charge in [-0.2, -0.15) is 0 Å². The summed E-state index contributed by atoms with van der Waals surface area (Å²) >= 11 is 0. The van der Waals surface area contributed by atoms with E-state index in [1.165, 1.54) is 14.2 Å². The zero-order valence-corrected chi connectivity index (χ0v) is 14.8. The Morgan fingerprint density at radius 2 is 1.69 bits per heavy atom. The number of para-hydroxylation sites is 1. The monoisotopic (exact) mass is 357 g/mol. The quantitative estimate of drug-likeness (QED) is 0.765. The normalized spacial score (nSPS) is 13.6. The Kier molecular flexibility index (Phi) is 4.97. The summed E-state index contributed by atoms with van der Waals surface area (Å²) in [6.07, 6.45) is 0. The van der Waals surface area contributed by atoms with Gasteiger partial charge >= 0.3 is 0 Å². The Morgan fingerprint density at radius 3 is 2.38 bits per heavy atom. The molecular weight excluding hydrogens is 338 g/mol. The maximum Gasteiger partial charge on any atom is 0.267 e. The van der Waals surface area contributed by atoms with Crippen LogP contribution in [0.1, 0.15) is 15.9 Å². The number of ether oxygens (including phenoxy) is 4. The molecule has 0 fully saturated rings. The van der Waals surface area contributed by atoms with Crippen LogP contribution in [0.4, 0.5) is 0 Å². The summed E-state index contributed by atoms with van der Waals surface area (Å²) in [6, 6.07) is 10.2. The van der Waals surface area contributed by atoms with E-state index in [0.29, 0.717) is 17.2 Å². The predicted octanol–water partition coefficient (Wildman–Crippen LogP) is 2.27. The van der Waals surface area contributed by atoms with Gasteiger partial charge in [0.15, 0.2) is 29.6 Å². The van der Waals surface area contributed by atoms with Crippen LogP contribution >= 0.6 is 0 Å². The van der Waals surface area contributed by atoms with Crippen LogP contribution < -0.4 is 18.9 Å². The third-order valence-electron chi connectivity index (χ3n) is 4.10. The summed E-state index contributed by atoms with van der Waals surface area (Å²) in [4.78, 5) is 26.5. The van der Waals surface area contributed by atoms with Crippen molar-refractivity contribution >= 4 is 11.8 Å². The Morgan fingerprint density at radius 1 is 0.962 bits per heavy atom. The summed E-state index contributed by atoms with van der Waals surface area (Å²) in [7, 11) is 4.55. The number of carbonyl (C=O) groups is 2. The van der Waals surface area contributed by atoms with Crippen LogP contribution in [0.3, 0.4) is 0 Å². The van der Waals surface area contributed by atoms with Crippen molar-refractivity contribution in [2.45, 2.75) is 6.54 Å². The molecule has 0 aliphatic carbocycles. The lowest BCUT2D eigenvalue weighted by molar-refractivity contribution is -0.130. The van der Waals surface area contributed by atoms with Gasteiger partial charge in [0.1, 0.15) is 0 Å². The summed E-state index contributed by atoms with van der Waals surface area (Å²) < 4.78 is 21.2. The van der Waals surface area contributed by atoms with E-state index in [1.54, 1.807) is 43.5 Å². The Bertz CT molecular complexity index is 848. The van der Waals surface area contributed by atoms with Gasteiger partial charge in [-0.15, -0.1) is 0 Å². The topological polar surface area (TPSA) is 74.3 Å². The van der Waals surface area contributed by atoms with E-state index in [-0.39, 0.29) is 24.5 Å². The summed E-state index contributed by atoms with van der Waals surface area (Å²) in [5.41, 5.74) is 1.02. The Hall–Kier alpha value is -3.22. The first-order valence-electron chi connectivity index (χ1n) is 7.94. The van der Waals surface area contributed by atoms with E-state index < -0.39 is 11.8 Å². The molecule has 3 rings (SSSR count). The number of imide groups is 1. The van der Waals surface area contributed by atoms with Gasteiger partial charge in [-0.25, -0.2) is 0 Å². The van der Waals surface area contributed by atoms with Crippen LogP contribution in [0, 0.1) is 0 Å². The third-order valence-corrected chi connectivity index (χ3v) is 4.10. The molecule has 1 aliphatic rings. The smallest absolute Gasteiger partial charge is 0.267 e. The maximum atomic E-state index is 12.9. The van der Waals surface area contributed by atoms with Gasteiger partial charge in [-0.3, -0.25) is 14.5 Å². The fourth-order valence-electron chi connectivity index (χ4n) is 2.79. The lowest BCUT2D eigenvalue weighted by atomic mass is 10.1. The highest BCUT2D eigenvalue weighted by molar-refractivity contribution is 6.08. The maximum absolute atomic E-state index is 12.9. The van der Waals surface area contributed by atoms with Gasteiger partial charge in [-0.05, 0) is 29.8 Å². The predicted molar refractivity (Wildman–Crippen MR) is 92.9 cm³/mol. The number of hydrogen-bond donors (Lipinski definition) is 0. The lowest BCUT2D eigenvalue weighted by Crippen LogP contribution is -2.37. The molecule has 0 N–H and O–H groups in total. The van der Waals surface area contributed by atoms with Gasteiger partial charge in [0.25, 0.3) is 11.8 Å². The molecule has 0 spiro atoms. The molecule has 0 unspecified atom stereocenters. The second-order valence-electron chi connectivity index (χ2n) is 5.60. The van der Waals surface area contributed by atoms with E-state index in [4.69, 9.17) is 18.9 Å². The number of methoxy groups -OCH3 is 3. The highest BCUT2D eigenvalue weighted by atomic mass is 16.5. The molecule has 0 bridgehead atoms. The molecular formula is C19H19NO6. The van der Waals surface area contributed by atoms with Crippen LogP contribution in [-0.4, -0.2) is 44.7 Å². The number of amides is 2. The van der Waals surface area contributed by atoms with Gasteiger partial charge < -0.3 is 18.9 Å². The first-order valence-corrected chi connectivity index (χ1v) is 7.94. The summed E-state index contributed by atoms with van der Waals surface area (Å²) in [6.45, 7) is -0.148. The number of hydrogen-bond acceptors (Lipinski definition) is 6. The van der Waals surface area contributed by atoms with Crippen molar-refractivity contribution in [2.75, 3.05) is 27.9 Å². The first-order chi connectivity index (χ1) is 12.6. The van der Waals surface area contributed by atoms with Crippen LogP contribution in [0.25, 0.3) is 0 Å². The van der Waals surface area contributed by atoms with Crippen LogP contribution in [0.2, 0.25) is 0 Å². The Balaban J connectivity index is 1.94. The number of fused-ring (bicyclic) bond motifs is 1. The van der Waals surface area contributed by atoms with Gasteiger partial charge in [0.05, 0.1) is 33.4 Å². The van der Waals surface area contributed by atoms with E-state index >= 15 is 0 Å². The lowest BCUT2D eigenvalue weighted by Gasteiger charge is -2.19. The van der Waals surface area contributed by atoms with Gasteiger partial charge in [0, 0.05) is 0 Å². The molecule has 1 aliphatic heterocycles. The molecule has 1 heterocycles. The van der Waals surface area contributed by atoms with Crippen molar-refractivity contribution in [3.8, 4) is 23.0 Å². The standard InChI is InChI=1S/C19H19NO6/c1-23-14-8-7-12(9-16(14)25-3)10-20-17(21)11-26-18-13(19(20)22)5-4-6-15(18)24-2/h4-9H,10-11H2,1-3H3. The van der Waals surface area contributed by atoms with Crippen LogP contribution in [-0.2, 0) is 11.3 Å². The molecule has 0 atom stereocenters. The highest BCUT2D eigenvalue weighted by Gasteiger charge is 2.31. The van der Waals surface area contributed by atoms with Crippen LogP contribution in [0.5, 0.6) is 23.0 Å². The average Bonchev–Trinajstić information content (AvgIpc) is 2.79. The van der Waals surface area contributed by atoms with E-state index in [0.717, 1.165) is 10.5 Å². The molecule has 0 saturated carbocycles. The largest absolute Gasteiger partial charge is 0.493 e. The second kappa shape index (κ2) is 7.35. The van der Waals surface area contributed by atoms with Crippen molar-refractivity contribution in [3.63, 3.8) is 0 Å². The van der Waals surface area contributed by atoms with Gasteiger partial charge in [-0.1, -0.05) is 12.1 Å². The molecule has 7 heteroatoms.